The molecule has 4 N–H and O–H groups in total. The van der Waals surface area contributed by atoms with E-state index in [1.54, 1.807) is 20.8 Å². The SMILES string of the molecule is CCCc1nc(C)c2c(=O)[nH]c(-c3cc(S(=O)(=O)NCC[N+](O)(O)CC)ccc3OCC)nn12. The monoisotopic (exact) mass is 495 g/mol. The third-order valence-electron chi connectivity index (χ3n) is 5.30. The van der Waals surface area contributed by atoms with E-state index < -0.39 is 20.4 Å². The van der Waals surface area contributed by atoms with Crippen molar-refractivity contribution in [2.45, 2.75) is 45.4 Å². The Hall–Kier alpha value is -2.84. The first-order valence-corrected chi connectivity index (χ1v) is 12.6. The second-order valence-electron chi connectivity index (χ2n) is 7.83. The van der Waals surface area contributed by atoms with Gasteiger partial charge in [0.1, 0.15) is 18.1 Å². The fourth-order valence-electron chi connectivity index (χ4n) is 3.49. The van der Waals surface area contributed by atoms with Crippen LogP contribution in [0.3, 0.4) is 0 Å². The summed E-state index contributed by atoms with van der Waals surface area (Å²) in [7, 11) is -4.00. The molecule has 34 heavy (non-hydrogen) atoms. The number of aromatic nitrogens is 4. The van der Waals surface area contributed by atoms with E-state index in [4.69, 9.17) is 4.74 Å². The van der Waals surface area contributed by atoms with Crippen LogP contribution in [-0.4, -0.2) is 69.5 Å². The standard InChI is InChI=1S/C21H30N6O6S/c1-5-8-18-23-14(4)19-21(28)24-20(25-26(18)19)16-13-15(9-10-17(16)33-7-3)34(31,32)22-11-12-27(29,30)6-2/h9-10,13,22,29-30H,5-8,11-12H2,1-4H3/p+1. The van der Waals surface area contributed by atoms with Gasteiger partial charge in [0.2, 0.25) is 10.0 Å². The Morgan fingerprint density at radius 3 is 2.62 bits per heavy atom. The number of rotatable bonds is 11. The van der Waals surface area contributed by atoms with Crippen molar-refractivity contribution in [3.63, 3.8) is 0 Å². The lowest BCUT2D eigenvalue weighted by Crippen LogP contribution is -2.46. The average Bonchev–Trinajstić information content (AvgIpc) is 3.09. The van der Waals surface area contributed by atoms with Crippen LogP contribution < -0.4 is 15.0 Å². The van der Waals surface area contributed by atoms with Gasteiger partial charge in [-0.3, -0.25) is 4.79 Å². The second kappa shape index (κ2) is 10.2. The molecule has 0 radical (unpaired) electrons. The van der Waals surface area contributed by atoms with E-state index in [9.17, 15) is 23.6 Å². The van der Waals surface area contributed by atoms with Crippen LogP contribution in [0.25, 0.3) is 16.9 Å². The molecular weight excluding hydrogens is 464 g/mol. The highest BCUT2D eigenvalue weighted by Crippen LogP contribution is 2.30. The minimum Gasteiger partial charge on any atom is -0.493 e. The molecule has 186 valence electrons. The van der Waals surface area contributed by atoms with Crippen molar-refractivity contribution < 1.29 is 28.4 Å². The summed E-state index contributed by atoms with van der Waals surface area (Å²) in [5.41, 5.74) is 0.788. The largest absolute Gasteiger partial charge is 0.493 e. The second-order valence-corrected chi connectivity index (χ2v) is 9.60. The van der Waals surface area contributed by atoms with Gasteiger partial charge in [-0.05, 0) is 50.2 Å². The summed E-state index contributed by atoms with van der Waals surface area (Å²) in [5, 5.41) is 23.8. The highest BCUT2D eigenvalue weighted by molar-refractivity contribution is 7.89. The summed E-state index contributed by atoms with van der Waals surface area (Å²) < 4.78 is 35.2. The number of hydroxylamine groups is 4. The number of imidazole rings is 1. The lowest BCUT2D eigenvalue weighted by atomic mass is 10.2. The summed E-state index contributed by atoms with van der Waals surface area (Å²) in [6.07, 6.45) is 1.43. The smallest absolute Gasteiger partial charge is 0.277 e. The van der Waals surface area contributed by atoms with E-state index in [0.717, 1.165) is 6.42 Å². The number of aromatic amines is 1. The maximum absolute atomic E-state index is 12.9. The molecule has 0 bridgehead atoms. The number of ether oxygens (including phenoxy) is 1. The Balaban J connectivity index is 2.07. The third kappa shape index (κ3) is 5.45. The number of likely N-dealkylation sites (N-methyl/N-ethyl adjacent to an activating group) is 1. The first-order chi connectivity index (χ1) is 16.0. The molecular formula is C21H31N6O6S+. The van der Waals surface area contributed by atoms with E-state index in [1.807, 2.05) is 6.92 Å². The topological polar surface area (TPSA) is 159 Å². The quantitative estimate of drug-likeness (QED) is 0.231. The van der Waals surface area contributed by atoms with E-state index in [0.29, 0.717) is 41.4 Å². The highest BCUT2D eigenvalue weighted by Gasteiger charge is 2.24. The molecule has 0 fully saturated rings. The molecule has 2 heterocycles. The number of hydrogen-bond donors (Lipinski definition) is 4. The van der Waals surface area contributed by atoms with E-state index in [2.05, 4.69) is 19.8 Å². The van der Waals surface area contributed by atoms with E-state index >= 15 is 0 Å². The normalized spacial score (nSPS) is 12.4. The summed E-state index contributed by atoms with van der Waals surface area (Å²) in [5.74, 6) is 1.13. The van der Waals surface area contributed by atoms with Gasteiger partial charge < -0.3 is 9.72 Å². The Labute approximate surface area is 197 Å². The van der Waals surface area contributed by atoms with Gasteiger partial charge >= 0.3 is 0 Å². The molecule has 12 nitrogen and oxygen atoms in total. The minimum absolute atomic E-state index is 0.00415. The van der Waals surface area contributed by atoms with Crippen LogP contribution in [0.1, 0.15) is 38.7 Å². The highest BCUT2D eigenvalue weighted by atomic mass is 32.2. The van der Waals surface area contributed by atoms with Gasteiger partial charge in [0.15, 0.2) is 17.9 Å². The molecule has 3 rings (SSSR count). The summed E-state index contributed by atoms with van der Waals surface area (Å²) in [6, 6.07) is 4.23. The zero-order valence-electron chi connectivity index (χ0n) is 19.7. The van der Waals surface area contributed by atoms with Crippen molar-refractivity contribution in [1.82, 2.24) is 24.3 Å². The number of nitrogens with one attached hydrogen (secondary N) is 2. The molecule has 0 spiro atoms. The number of fused-ring (bicyclic) bond motifs is 1. The predicted octanol–water partition coefficient (Wildman–Crippen LogP) is 1.64. The van der Waals surface area contributed by atoms with Gasteiger partial charge in [-0.15, -0.1) is 5.10 Å². The molecule has 0 unspecified atom stereocenters. The molecule has 0 saturated heterocycles. The van der Waals surface area contributed by atoms with Crippen LogP contribution in [-0.2, 0) is 16.4 Å². The molecule has 3 aromatic rings. The fraction of sp³-hybridized carbons (Fsp3) is 0.476. The fourth-order valence-corrected chi connectivity index (χ4v) is 4.53. The van der Waals surface area contributed by atoms with Crippen molar-refractivity contribution in [2.24, 2.45) is 0 Å². The van der Waals surface area contributed by atoms with Crippen molar-refractivity contribution in [3.05, 3.63) is 40.1 Å². The zero-order valence-corrected chi connectivity index (χ0v) is 20.5. The number of aryl methyl sites for hydroxylation is 2. The van der Waals surface area contributed by atoms with Crippen molar-refractivity contribution in [3.8, 4) is 17.1 Å². The lowest BCUT2D eigenvalue weighted by Gasteiger charge is -2.19. The maximum Gasteiger partial charge on any atom is 0.277 e. The summed E-state index contributed by atoms with van der Waals surface area (Å²) in [4.78, 5) is 18.6. The summed E-state index contributed by atoms with van der Waals surface area (Å²) in [6.45, 7) is 6.98. The number of hydrogen-bond acceptors (Lipinski definition) is 8. The number of H-pyrrole nitrogens is 1. The molecule has 13 heteroatoms. The van der Waals surface area contributed by atoms with Crippen LogP contribution in [0.15, 0.2) is 27.9 Å². The molecule has 0 aliphatic carbocycles. The van der Waals surface area contributed by atoms with E-state index in [1.165, 1.54) is 22.7 Å². The van der Waals surface area contributed by atoms with Gasteiger partial charge in [-0.25, -0.2) is 22.6 Å². The van der Waals surface area contributed by atoms with Crippen molar-refractivity contribution in [2.75, 3.05) is 26.2 Å². The van der Waals surface area contributed by atoms with Gasteiger partial charge in [0, 0.05) is 6.42 Å². The van der Waals surface area contributed by atoms with E-state index in [-0.39, 0.29) is 30.4 Å². The van der Waals surface area contributed by atoms with Gasteiger partial charge in [0.05, 0.1) is 29.3 Å². The molecule has 0 aliphatic rings. The van der Waals surface area contributed by atoms with Crippen LogP contribution in [0.5, 0.6) is 5.75 Å². The third-order valence-corrected chi connectivity index (χ3v) is 6.76. The number of nitrogens with zero attached hydrogens (tertiary/aromatic N) is 4. The van der Waals surface area contributed by atoms with Crippen LogP contribution in [0.4, 0.5) is 0 Å². The van der Waals surface area contributed by atoms with Crippen molar-refractivity contribution in [1.29, 1.82) is 0 Å². The first kappa shape index (κ1) is 25.8. The molecule has 0 atom stereocenters. The average molecular weight is 496 g/mol. The Kier molecular flexibility index (Phi) is 7.73. The molecule has 1 aromatic carbocycles. The molecule has 2 aromatic heterocycles. The summed E-state index contributed by atoms with van der Waals surface area (Å²) >= 11 is 0. The van der Waals surface area contributed by atoms with Crippen LogP contribution in [0.2, 0.25) is 0 Å². The van der Waals surface area contributed by atoms with Crippen LogP contribution >= 0.6 is 0 Å². The van der Waals surface area contributed by atoms with Gasteiger partial charge in [0.25, 0.3) is 5.56 Å². The Bertz CT molecular complexity index is 1330. The molecule has 0 aliphatic heterocycles. The van der Waals surface area contributed by atoms with Crippen molar-refractivity contribution >= 4 is 15.5 Å². The van der Waals surface area contributed by atoms with Crippen LogP contribution in [0, 0.1) is 6.92 Å². The number of benzene rings is 1. The minimum atomic E-state index is -4.00. The first-order valence-electron chi connectivity index (χ1n) is 11.1. The Morgan fingerprint density at radius 1 is 1.24 bits per heavy atom. The van der Waals surface area contributed by atoms with Gasteiger partial charge in [-0.1, -0.05) is 6.92 Å². The zero-order chi connectivity index (χ0) is 25.1. The van der Waals surface area contributed by atoms with Gasteiger partial charge in [-0.2, -0.15) is 10.4 Å². The number of sulfonamides is 1. The lowest BCUT2D eigenvalue weighted by molar-refractivity contribution is -1.24. The maximum atomic E-state index is 12.9. The molecule has 0 amide bonds. The predicted molar refractivity (Wildman–Crippen MR) is 123 cm³/mol. The number of quaternary nitrogens is 1. The Morgan fingerprint density at radius 2 is 1.97 bits per heavy atom. The molecule has 0 saturated carbocycles.